The normalized spacial score (nSPS) is 18.4. The fourth-order valence-electron chi connectivity index (χ4n) is 2.53. The number of halogens is 1. The third kappa shape index (κ3) is 4.73. The monoisotopic (exact) mass is 326 g/mol. The molecule has 122 valence electrons. The van der Waals surface area contributed by atoms with Crippen LogP contribution in [0.15, 0.2) is 6.07 Å². The van der Waals surface area contributed by atoms with Crippen molar-refractivity contribution in [2.24, 2.45) is 0 Å². The number of aromatic nitrogens is 2. The van der Waals surface area contributed by atoms with Crippen LogP contribution in [0.25, 0.3) is 0 Å². The van der Waals surface area contributed by atoms with Crippen LogP contribution >= 0.6 is 11.6 Å². The number of hydrogen-bond donors (Lipinski definition) is 1. The highest BCUT2D eigenvalue weighted by molar-refractivity contribution is 6.28. The van der Waals surface area contributed by atoms with E-state index < -0.39 is 11.7 Å². The second-order valence-corrected chi connectivity index (χ2v) is 6.85. The molecule has 0 aromatic carbocycles. The Balaban J connectivity index is 1.97. The molecule has 0 saturated carbocycles. The van der Waals surface area contributed by atoms with Gasteiger partial charge in [0.15, 0.2) is 0 Å². The lowest BCUT2D eigenvalue weighted by Crippen LogP contribution is -2.42. The maximum atomic E-state index is 11.8. The predicted molar refractivity (Wildman–Crippen MR) is 86.4 cm³/mol. The van der Waals surface area contributed by atoms with Crippen LogP contribution in [0.4, 0.5) is 10.6 Å². The Morgan fingerprint density at radius 1 is 1.50 bits per heavy atom. The molecule has 6 nitrogen and oxygen atoms in total. The molecule has 0 radical (unpaired) electrons. The number of anilines is 1. The van der Waals surface area contributed by atoms with Gasteiger partial charge in [-0.1, -0.05) is 0 Å². The standard InChI is InChI=1S/C15H23ClN4O2/c1-10-8-12(19-13(16)18-10)20-7-5-6-11(20)9-17-14(21)22-15(2,3)4/h8,11H,5-7,9H2,1-4H3,(H,17,21)/t11-/m0/s1. The molecule has 2 heterocycles. The molecule has 0 spiro atoms. The van der Waals surface area contributed by atoms with E-state index in [9.17, 15) is 4.79 Å². The van der Waals surface area contributed by atoms with Crippen LogP contribution in [0.3, 0.4) is 0 Å². The van der Waals surface area contributed by atoms with E-state index in [1.54, 1.807) is 0 Å². The van der Waals surface area contributed by atoms with Crippen LogP contribution in [0.2, 0.25) is 5.28 Å². The van der Waals surface area contributed by atoms with Gasteiger partial charge < -0.3 is 15.0 Å². The summed E-state index contributed by atoms with van der Waals surface area (Å²) < 4.78 is 5.26. The van der Waals surface area contributed by atoms with Gasteiger partial charge in [-0.15, -0.1) is 0 Å². The van der Waals surface area contributed by atoms with Crippen molar-refractivity contribution in [3.63, 3.8) is 0 Å². The SMILES string of the molecule is Cc1cc(N2CCC[C@H]2CNC(=O)OC(C)(C)C)nc(Cl)n1. The number of nitrogens with zero attached hydrogens (tertiary/aromatic N) is 3. The van der Waals surface area contributed by atoms with Gasteiger partial charge in [0.1, 0.15) is 11.4 Å². The third-order valence-electron chi connectivity index (χ3n) is 3.37. The zero-order valence-electron chi connectivity index (χ0n) is 13.5. The molecule has 0 bridgehead atoms. The van der Waals surface area contributed by atoms with Crippen LogP contribution in [0.1, 0.15) is 39.3 Å². The largest absolute Gasteiger partial charge is 0.444 e. The molecule has 1 aromatic rings. The van der Waals surface area contributed by atoms with E-state index in [0.29, 0.717) is 6.54 Å². The number of amides is 1. The van der Waals surface area contributed by atoms with Crippen LogP contribution in [-0.4, -0.2) is 40.8 Å². The van der Waals surface area contributed by atoms with Gasteiger partial charge in [-0.3, -0.25) is 0 Å². The van der Waals surface area contributed by atoms with E-state index in [1.165, 1.54) is 0 Å². The number of alkyl carbamates (subject to hydrolysis) is 1. The smallest absolute Gasteiger partial charge is 0.407 e. The number of carbonyl (C=O) groups is 1. The molecule has 7 heteroatoms. The second kappa shape index (κ2) is 6.69. The maximum Gasteiger partial charge on any atom is 0.407 e. The Bertz CT molecular complexity index is 525. The summed E-state index contributed by atoms with van der Waals surface area (Å²) in [7, 11) is 0. The van der Waals surface area contributed by atoms with Crippen molar-refractivity contribution < 1.29 is 9.53 Å². The van der Waals surface area contributed by atoms with Crippen molar-refractivity contribution >= 4 is 23.5 Å². The minimum absolute atomic E-state index is 0.192. The first-order chi connectivity index (χ1) is 10.2. The summed E-state index contributed by atoms with van der Waals surface area (Å²) in [6, 6.07) is 2.11. The maximum absolute atomic E-state index is 11.8. The van der Waals surface area contributed by atoms with Crippen LogP contribution in [-0.2, 0) is 4.74 Å². The number of aryl methyl sites for hydroxylation is 1. The van der Waals surface area contributed by atoms with Crippen molar-refractivity contribution in [2.75, 3.05) is 18.0 Å². The van der Waals surface area contributed by atoms with Gasteiger partial charge in [-0.05, 0) is 52.1 Å². The van der Waals surface area contributed by atoms with Crippen molar-refractivity contribution in [3.8, 4) is 0 Å². The van der Waals surface area contributed by atoms with E-state index in [4.69, 9.17) is 16.3 Å². The average Bonchev–Trinajstić information content (AvgIpc) is 2.81. The molecule has 1 amide bonds. The predicted octanol–water partition coefficient (Wildman–Crippen LogP) is 2.93. The van der Waals surface area contributed by atoms with Gasteiger partial charge in [-0.2, -0.15) is 0 Å². The molecular formula is C15H23ClN4O2. The Kier molecular flexibility index (Phi) is 5.11. The van der Waals surface area contributed by atoms with Gasteiger partial charge in [0.25, 0.3) is 0 Å². The molecule has 0 aliphatic carbocycles. The highest BCUT2D eigenvalue weighted by atomic mass is 35.5. The Morgan fingerprint density at radius 2 is 2.23 bits per heavy atom. The van der Waals surface area contributed by atoms with Gasteiger partial charge in [0.2, 0.25) is 5.28 Å². The fraction of sp³-hybridized carbons (Fsp3) is 0.667. The third-order valence-corrected chi connectivity index (χ3v) is 3.53. The quantitative estimate of drug-likeness (QED) is 0.865. The van der Waals surface area contributed by atoms with E-state index in [0.717, 1.165) is 30.9 Å². The molecule has 2 rings (SSSR count). The first-order valence-electron chi connectivity index (χ1n) is 7.49. The van der Waals surface area contributed by atoms with Crippen LogP contribution in [0.5, 0.6) is 0 Å². The number of hydrogen-bond acceptors (Lipinski definition) is 5. The number of rotatable bonds is 3. The van der Waals surface area contributed by atoms with Gasteiger partial charge >= 0.3 is 6.09 Å². The highest BCUT2D eigenvalue weighted by Gasteiger charge is 2.27. The van der Waals surface area contributed by atoms with Gasteiger partial charge in [-0.25, -0.2) is 14.8 Å². The zero-order valence-corrected chi connectivity index (χ0v) is 14.3. The average molecular weight is 327 g/mol. The summed E-state index contributed by atoms with van der Waals surface area (Å²) in [6.45, 7) is 8.85. The number of nitrogens with one attached hydrogen (secondary N) is 1. The molecule has 1 aliphatic rings. The molecule has 0 unspecified atom stereocenters. The Morgan fingerprint density at radius 3 is 2.86 bits per heavy atom. The van der Waals surface area contributed by atoms with Crippen molar-refractivity contribution in [1.82, 2.24) is 15.3 Å². The summed E-state index contributed by atoms with van der Waals surface area (Å²) in [5.41, 5.74) is 0.345. The molecule has 1 fully saturated rings. The van der Waals surface area contributed by atoms with Crippen molar-refractivity contribution in [2.45, 2.75) is 52.2 Å². The summed E-state index contributed by atoms with van der Waals surface area (Å²) in [5.74, 6) is 0.811. The molecule has 1 atom stereocenters. The van der Waals surface area contributed by atoms with Crippen LogP contribution < -0.4 is 10.2 Å². The van der Waals surface area contributed by atoms with E-state index in [-0.39, 0.29) is 11.3 Å². The summed E-state index contributed by atoms with van der Waals surface area (Å²) in [5, 5.41) is 3.08. The number of carbonyl (C=O) groups excluding carboxylic acids is 1. The molecule has 1 aromatic heterocycles. The lowest BCUT2D eigenvalue weighted by atomic mass is 10.2. The molecule has 1 saturated heterocycles. The van der Waals surface area contributed by atoms with E-state index in [1.807, 2.05) is 33.8 Å². The first-order valence-corrected chi connectivity index (χ1v) is 7.87. The molecule has 22 heavy (non-hydrogen) atoms. The van der Waals surface area contributed by atoms with E-state index in [2.05, 4.69) is 20.2 Å². The lowest BCUT2D eigenvalue weighted by Gasteiger charge is -2.27. The van der Waals surface area contributed by atoms with Gasteiger partial charge in [0, 0.05) is 30.9 Å². The first kappa shape index (κ1) is 16.8. The molecule has 1 aliphatic heterocycles. The summed E-state index contributed by atoms with van der Waals surface area (Å²) in [4.78, 5) is 22.3. The summed E-state index contributed by atoms with van der Waals surface area (Å²) >= 11 is 5.94. The topological polar surface area (TPSA) is 67.4 Å². The minimum Gasteiger partial charge on any atom is -0.444 e. The van der Waals surface area contributed by atoms with Crippen LogP contribution in [0, 0.1) is 6.92 Å². The molecular weight excluding hydrogens is 304 g/mol. The van der Waals surface area contributed by atoms with Crippen molar-refractivity contribution in [1.29, 1.82) is 0 Å². The summed E-state index contributed by atoms with van der Waals surface area (Å²) in [6.07, 6.45) is 1.66. The molecule has 1 N–H and O–H groups in total. The fourth-order valence-corrected chi connectivity index (χ4v) is 2.75. The van der Waals surface area contributed by atoms with E-state index >= 15 is 0 Å². The highest BCUT2D eigenvalue weighted by Crippen LogP contribution is 2.25. The second-order valence-electron chi connectivity index (χ2n) is 6.51. The Hall–Kier alpha value is -1.56. The minimum atomic E-state index is -0.489. The lowest BCUT2D eigenvalue weighted by molar-refractivity contribution is 0.0525. The van der Waals surface area contributed by atoms with Crippen molar-refractivity contribution in [3.05, 3.63) is 17.0 Å². The number of ether oxygens (including phenoxy) is 1. The Labute approximate surface area is 136 Å². The zero-order chi connectivity index (χ0) is 16.3. The van der Waals surface area contributed by atoms with Gasteiger partial charge in [0.05, 0.1) is 0 Å².